The minimum Gasteiger partial charge on any atom is -0.390 e. The molecular formula is C21H21F3N4O2. The fraction of sp³-hybridized carbons (Fsp3) is 0.286. The van der Waals surface area contributed by atoms with Crippen molar-refractivity contribution < 1.29 is 18.3 Å². The van der Waals surface area contributed by atoms with Crippen LogP contribution in [0.25, 0.3) is 0 Å². The SMILES string of the molecule is Cc1ccc(CC(C)(C)O)cc1Nc1nc(=O)cnn1Cc1cc(F)c(F)c(F)c1. The molecule has 0 saturated heterocycles. The van der Waals surface area contributed by atoms with Crippen LogP contribution in [0.5, 0.6) is 0 Å². The number of aromatic nitrogens is 3. The van der Waals surface area contributed by atoms with Crippen LogP contribution in [0.1, 0.15) is 30.5 Å². The normalized spacial score (nSPS) is 11.6. The van der Waals surface area contributed by atoms with Gasteiger partial charge in [0.25, 0.3) is 5.56 Å². The summed E-state index contributed by atoms with van der Waals surface area (Å²) in [6.07, 6.45) is 1.38. The van der Waals surface area contributed by atoms with Crippen molar-refractivity contribution in [3.8, 4) is 0 Å². The zero-order chi connectivity index (χ0) is 22.1. The van der Waals surface area contributed by atoms with E-state index in [0.717, 1.165) is 29.5 Å². The molecule has 0 radical (unpaired) electrons. The molecule has 0 amide bonds. The largest absolute Gasteiger partial charge is 0.390 e. The van der Waals surface area contributed by atoms with Crippen molar-refractivity contribution in [3.05, 3.63) is 81.0 Å². The van der Waals surface area contributed by atoms with Crippen molar-refractivity contribution in [1.82, 2.24) is 14.8 Å². The average molecular weight is 418 g/mol. The Hall–Kier alpha value is -3.20. The molecule has 0 fully saturated rings. The van der Waals surface area contributed by atoms with Gasteiger partial charge in [-0.3, -0.25) is 4.79 Å². The van der Waals surface area contributed by atoms with E-state index in [1.54, 1.807) is 13.8 Å². The highest BCUT2D eigenvalue weighted by atomic mass is 19.2. The third kappa shape index (κ3) is 5.24. The molecule has 158 valence electrons. The number of anilines is 2. The Kier molecular flexibility index (Phi) is 5.93. The van der Waals surface area contributed by atoms with Gasteiger partial charge < -0.3 is 10.4 Å². The number of halogens is 3. The maximum Gasteiger partial charge on any atom is 0.293 e. The number of rotatable bonds is 6. The number of aryl methyl sites for hydroxylation is 1. The first-order chi connectivity index (χ1) is 14.0. The molecule has 0 saturated carbocycles. The summed E-state index contributed by atoms with van der Waals surface area (Å²) in [6.45, 7) is 5.09. The summed E-state index contributed by atoms with van der Waals surface area (Å²) in [4.78, 5) is 15.6. The number of benzene rings is 2. The van der Waals surface area contributed by atoms with Gasteiger partial charge in [0.2, 0.25) is 5.95 Å². The van der Waals surface area contributed by atoms with Crippen molar-refractivity contribution in [2.45, 2.75) is 39.3 Å². The minimum atomic E-state index is -1.55. The second-order valence-electron chi connectivity index (χ2n) is 7.71. The third-order valence-electron chi connectivity index (χ3n) is 4.33. The molecule has 9 heteroatoms. The molecule has 0 aliphatic heterocycles. The molecular weight excluding hydrogens is 397 g/mol. The molecule has 0 bridgehead atoms. The number of nitrogens with one attached hydrogen (secondary N) is 1. The van der Waals surface area contributed by atoms with Gasteiger partial charge in [-0.1, -0.05) is 12.1 Å². The fourth-order valence-corrected chi connectivity index (χ4v) is 2.98. The third-order valence-corrected chi connectivity index (χ3v) is 4.33. The number of hydrogen-bond acceptors (Lipinski definition) is 5. The first-order valence-electron chi connectivity index (χ1n) is 9.18. The fourth-order valence-electron chi connectivity index (χ4n) is 2.98. The van der Waals surface area contributed by atoms with Crippen LogP contribution in [0.3, 0.4) is 0 Å². The number of aliphatic hydroxyl groups is 1. The van der Waals surface area contributed by atoms with Crippen LogP contribution < -0.4 is 10.9 Å². The average Bonchev–Trinajstić information content (AvgIpc) is 2.63. The van der Waals surface area contributed by atoms with E-state index in [1.807, 2.05) is 25.1 Å². The molecule has 2 N–H and O–H groups in total. The van der Waals surface area contributed by atoms with Gasteiger partial charge in [0.05, 0.1) is 12.1 Å². The Morgan fingerprint density at radius 3 is 2.40 bits per heavy atom. The van der Waals surface area contributed by atoms with Gasteiger partial charge in [0.15, 0.2) is 17.5 Å². The van der Waals surface area contributed by atoms with Crippen LogP contribution >= 0.6 is 0 Å². The predicted molar refractivity (Wildman–Crippen MR) is 106 cm³/mol. The van der Waals surface area contributed by atoms with Gasteiger partial charge in [-0.05, 0) is 55.7 Å². The van der Waals surface area contributed by atoms with Crippen molar-refractivity contribution in [2.24, 2.45) is 0 Å². The summed E-state index contributed by atoms with van der Waals surface area (Å²) in [7, 11) is 0. The molecule has 3 aromatic rings. The van der Waals surface area contributed by atoms with Gasteiger partial charge in [0.1, 0.15) is 6.20 Å². The topological polar surface area (TPSA) is 80.0 Å². The smallest absolute Gasteiger partial charge is 0.293 e. The van der Waals surface area contributed by atoms with E-state index >= 15 is 0 Å². The van der Waals surface area contributed by atoms with Crippen LogP contribution in [0, 0.1) is 24.4 Å². The Labute approximate surface area is 171 Å². The Morgan fingerprint density at radius 1 is 1.10 bits per heavy atom. The van der Waals surface area contributed by atoms with Crippen LogP contribution in [-0.2, 0) is 13.0 Å². The Bertz CT molecular complexity index is 1120. The molecule has 0 atom stereocenters. The van der Waals surface area contributed by atoms with Gasteiger partial charge in [-0.15, -0.1) is 0 Å². The van der Waals surface area contributed by atoms with Crippen LogP contribution in [-0.4, -0.2) is 25.5 Å². The zero-order valence-corrected chi connectivity index (χ0v) is 16.7. The molecule has 6 nitrogen and oxygen atoms in total. The lowest BCUT2D eigenvalue weighted by Crippen LogP contribution is -2.22. The molecule has 0 spiro atoms. The molecule has 30 heavy (non-hydrogen) atoms. The Morgan fingerprint density at radius 2 is 1.77 bits per heavy atom. The number of hydrogen-bond donors (Lipinski definition) is 2. The summed E-state index contributed by atoms with van der Waals surface area (Å²) >= 11 is 0. The lowest BCUT2D eigenvalue weighted by atomic mass is 9.97. The van der Waals surface area contributed by atoms with Crippen molar-refractivity contribution in [3.63, 3.8) is 0 Å². The predicted octanol–water partition coefficient (Wildman–Crippen LogP) is 3.47. The van der Waals surface area contributed by atoms with Crippen LogP contribution in [0.2, 0.25) is 0 Å². The highest BCUT2D eigenvalue weighted by molar-refractivity contribution is 5.59. The monoisotopic (exact) mass is 418 g/mol. The lowest BCUT2D eigenvalue weighted by molar-refractivity contribution is 0.0810. The van der Waals surface area contributed by atoms with Gasteiger partial charge >= 0.3 is 0 Å². The highest BCUT2D eigenvalue weighted by Gasteiger charge is 2.16. The van der Waals surface area contributed by atoms with Gasteiger partial charge in [0, 0.05) is 12.1 Å². The summed E-state index contributed by atoms with van der Waals surface area (Å²) < 4.78 is 41.5. The van der Waals surface area contributed by atoms with E-state index in [2.05, 4.69) is 15.4 Å². The van der Waals surface area contributed by atoms with E-state index in [9.17, 15) is 23.1 Å². The van der Waals surface area contributed by atoms with Crippen molar-refractivity contribution in [1.29, 1.82) is 0 Å². The quantitative estimate of drug-likeness (QED) is 0.600. The second kappa shape index (κ2) is 8.27. The second-order valence-corrected chi connectivity index (χ2v) is 7.71. The summed E-state index contributed by atoms with van der Waals surface area (Å²) in [5.74, 6) is -4.13. The number of nitrogens with zero attached hydrogens (tertiary/aromatic N) is 3. The van der Waals surface area contributed by atoms with E-state index < -0.39 is 28.6 Å². The van der Waals surface area contributed by atoms with E-state index in [1.165, 1.54) is 4.68 Å². The zero-order valence-electron chi connectivity index (χ0n) is 16.7. The summed E-state index contributed by atoms with van der Waals surface area (Å²) in [6, 6.07) is 7.27. The maximum absolute atomic E-state index is 13.5. The van der Waals surface area contributed by atoms with E-state index in [4.69, 9.17) is 0 Å². The Balaban J connectivity index is 1.95. The maximum atomic E-state index is 13.5. The van der Waals surface area contributed by atoms with Gasteiger partial charge in [-0.2, -0.15) is 10.1 Å². The molecule has 1 aromatic heterocycles. The molecule has 0 aliphatic rings. The van der Waals surface area contributed by atoms with E-state index in [0.29, 0.717) is 12.1 Å². The first-order valence-corrected chi connectivity index (χ1v) is 9.18. The van der Waals surface area contributed by atoms with Gasteiger partial charge in [-0.25, -0.2) is 17.9 Å². The van der Waals surface area contributed by atoms with E-state index in [-0.39, 0.29) is 18.1 Å². The van der Waals surface area contributed by atoms with Crippen molar-refractivity contribution in [2.75, 3.05) is 5.32 Å². The molecule has 1 heterocycles. The molecule has 0 aliphatic carbocycles. The highest BCUT2D eigenvalue weighted by Crippen LogP contribution is 2.23. The molecule has 3 rings (SSSR count). The molecule has 2 aromatic carbocycles. The van der Waals surface area contributed by atoms with Crippen LogP contribution in [0.15, 0.2) is 41.3 Å². The lowest BCUT2D eigenvalue weighted by Gasteiger charge is -2.19. The summed E-state index contributed by atoms with van der Waals surface area (Å²) in [5, 5.41) is 17.0. The standard InChI is InChI=1S/C21H21F3N4O2/c1-12-4-5-13(9-21(2,3)30)8-17(12)26-20-27-18(29)10-25-28(20)11-14-6-15(22)19(24)16(23)7-14/h4-8,10,30H,9,11H2,1-3H3,(H,26,27,29). The van der Waals surface area contributed by atoms with Crippen molar-refractivity contribution >= 4 is 11.6 Å². The van der Waals surface area contributed by atoms with Crippen LogP contribution in [0.4, 0.5) is 24.8 Å². The first kappa shape index (κ1) is 21.5. The summed E-state index contributed by atoms with van der Waals surface area (Å²) in [5.41, 5.74) is 0.934. The molecule has 0 unspecified atom stereocenters. The minimum absolute atomic E-state index is 0.0520.